The SMILES string of the molecule is CSC1CCCN(C(=O)c2cccc(F)c2Br)CC1. The molecule has 1 aromatic rings. The lowest BCUT2D eigenvalue weighted by molar-refractivity contribution is 0.0760. The molecule has 1 aromatic carbocycles. The van der Waals surface area contributed by atoms with Gasteiger partial charge in [-0.3, -0.25) is 4.79 Å². The molecule has 1 atom stereocenters. The molecular formula is C14H17BrFNOS. The molecule has 1 fully saturated rings. The van der Waals surface area contributed by atoms with Crippen LogP contribution >= 0.6 is 27.7 Å². The van der Waals surface area contributed by atoms with Crippen molar-refractivity contribution in [3.05, 3.63) is 34.1 Å². The molecule has 1 aliphatic rings. The second-order valence-electron chi connectivity index (χ2n) is 4.68. The average molecular weight is 346 g/mol. The summed E-state index contributed by atoms with van der Waals surface area (Å²) in [7, 11) is 0. The largest absolute Gasteiger partial charge is 0.339 e. The maximum absolute atomic E-state index is 13.5. The van der Waals surface area contributed by atoms with E-state index in [0.717, 1.165) is 32.4 Å². The number of amides is 1. The zero-order valence-electron chi connectivity index (χ0n) is 10.9. The number of rotatable bonds is 2. The van der Waals surface area contributed by atoms with E-state index >= 15 is 0 Å². The Balaban J connectivity index is 2.13. The van der Waals surface area contributed by atoms with Crippen LogP contribution in [0.4, 0.5) is 4.39 Å². The molecule has 1 aliphatic heterocycles. The number of thioether (sulfide) groups is 1. The van der Waals surface area contributed by atoms with E-state index < -0.39 is 0 Å². The minimum absolute atomic E-state index is 0.0758. The van der Waals surface area contributed by atoms with Crippen LogP contribution in [0.3, 0.4) is 0 Å². The molecule has 1 saturated heterocycles. The van der Waals surface area contributed by atoms with Crippen molar-refractivity contribution in [3.63, 3.8) is 0 Å². The van der Waals surface area contributed by atoms with Gasteiger partial charge in [0.05, 0.1) is 10.0 Å². The second-order valence-corrected chi connectivity index (χ2v) is 6.61. The maximum Gasteiger partial charge on any atom is 0.255 e. The number of carbonyl (C=O) groups is 1. The van der Waals surface area contributed by atoms with Gasteiger partial charge in [-0.1, -0.05) is 6.07 Å². The Morgan fingerprint density at radius 1 is 1.42 bits per heavy atom. The zero-order chi connectivity index (χ0) is 13.8. The van der Waals surface area contributed by atoms with Crippen molar-refractivity contribution in [1.82, 2.24) is 4.90 Å². The minimum atomic E-state index is -0.386. The van der Waals surface area contributed by atoms with Crippen molar-refractivity contribution in [1.29, 1.82) is 0 Å². The van der Waals surface area contributed by atoms with Gasteiger partial charge in [-0.2, -0.15) is 11.8 Å². The molecule has 2 rings (SSSR count). The third kappa shape index (κ3) is 3.51. The van der Waals surface area contributed by atoms with E-state index in [4.69, 9.17) is 0 Å². The van der Waals surface area contributed by atoms with Gasteiger partial charge in [-0.15, -0.1) is 0 Å². The average Bonchev–Trinajstić information content (AvgIpc) is 2.66. The lowest BCUT2D eigenvalue weighted by Gasteiger charge is -2.21. The molecule has 0 aliphatic carbocycles. The van der Waals surface area contributed by atoms with Crippen molar-refractivity contribution in [2.45, 2.75) is 24.5 Å². The standard InChI is InChI=1S/C14H17BrFNOS/c1-19-10-4-3-8-17(9-7-10)14(18)11-5-2-6-12(16)13(11)15/h2,5-6,10H,3-4,7-9H2,1H3. The van der Waals surface area contributed by atoms with Gasteiger partial charge in [0.1, 0.15) is 5.82 Å². The molecule has 104 valence electrons. The van der Waals surface area contributed by atoms with E-state index in [0.29, 0.717) is 10.8 Å². The van der Waals surface area contributed by atoms with Gasteiger partial charge in [-0.25, -0.2) is 4.39 Å². The van der Waals surface area contributed by atoms with Gasteiger partial charge in [0.2, 0.25) is 0 Å². The van der Waals surface area contributed by atoms with Crippen LogP contribution in [0.1, 0.15) is 29.6 Å². The first-order chi connectivity index (χ1) is 9.13. The summed E-state index contributed by atoms with van der Waals surface area (Å²) < 4.78 is 13.8. The number of benzene rings is 1. The highest BCUT2D eigenvalue weighted by atomic mass is 79.9. The summed E-state index contributed by atoms with van der Waals surface area (Å²) >= 11 is 5.03. The number of likely N-dealkylation sites (tertiary alicyclic amines) is 1. The van der Waals surface area contributed by atoms with E-state index in [1.54, 1.807) is 12.1 Å². The third-order valence-electron chi connectivity index (χ3n) is 3.48. The second kappa shape index (κ2) is 6.75. The molecule has 5 heteroatoms. The fraction of sp³-hybridized carbons (Fsp3) is 0.500. The number of hydrogen-bond acceptors (Lipinski definition) is 2. The number of carbonyl (C=O) groups excluding carboxylic acids is 1. The molecule has 1 amide bonds. The molecule has 0 aromatic heterocycles. The normalized spacial score (nSPS) is 20.2. The predicted molar refractivity (Wildman–Crippen MR) is 81.2 cm³/mol. The Morgan fingerprint density at radius 3 is 2.95 bits per heavy atom. The van der Waals surface area contributed by atoms with Crippen LogP contribution in [0, 0.1) is 5.82 Å². The third-order valence-corrected chi connectivity index (χ3v) is 5.42. The summed E-state index contributed by atoms with van der Waals surface area (Å²) in [6.07, 6.45) is 5.30. The van der Waals surface area contributed by atoms with Crippen LogP contribution in [0.2, 0.25) is 0 Å². The summed E-state index contributed by atoms with van der Waals surface area (Å²) in [5.74, 6) is -0.462. The molecule has 0 spiro atoms. The first-order valence-electron chi connectivity index (χ1n) is 6.39. The van der Waals surface area contributed by atoms with E-state index in [-0.39, 0.29) is 16.2 Å². The first kappa shape index (κ1) is 14.9. The Labute approximate surface area is 125 Å². The van der Waals surface area contributed by atoms with Crippen molar-refractivity contribution < 1.29 is 9.18 Å². The molecule has 0 N–H and O–H groups in total. The molecule has 1 unspecified atom stereocenters. The Hall–Kier alpha value is -0.550. The molecule has 0 radical (unpaired) electrons. The Morgan fingerprint density at radius 2 is 2.21 bits per heavy atom. The van der Waals surface area contributed by atoms with Crippen molar-refractivity contribution >= 4 is 33.6 Å². The molecule has 19 heavy (non-hydrogen) atoms. The number of hydrogen-bond donors (Lipinski definition) is 0. The van der Waals surface area contributed by atoms with Crippen LogP contribution in [-0.2, 0) is 0 Å². The molecule has 0 saturated carbocycles. The number of nitrogens with zero attached hydrogens (tertiary/aromatic N) is 1. The molecular weight excluding hydrogens is 329 g/mol. The van der Waals surface area contributed by atoms with Crippen LogP contribution in [0.25, 0.3) is 0 Å². The fourth-order valence-corrected chi connectivity index (χ4v) is 3.52. The van der Waals surface area contributed by atoms with Gasteiger partial charge in [0.25, 0.3) is 5.91 Å². The first-order valence-corrected chi connectivity index (χ1v) is 8.47. The van der Waals surface area contributed by atoms with E-state index in [9.17, 15) is 9.18 Å². The van der Waals surface area contributed by atoms with E-state index in [2.05, 4.69) is 22.2 Å². The van der Waals surface area contributed by atoms with Crippen LogP contribution in [-0.4, -0.2) is 35.4 Å². The van der Waals surface area contributed by atoms with Gasteiger partial charge in [-0.05, 0) is 53.6 Å². The van der Waals surface area contributed by atoms with Crippen molar-refractivity contribution in [2.24, 2.45) is 0 Å². The van der Waals surface area contributed by atoms with Crippen LogP contribution in [0.15, 0.2) is 22.7 Å². The van der Waals surface area contributed by atoms with E-state index in [1.165, 1.54) is 6.07 Å². The highest BCUT2D eigenvalue weighted by Crippen LogP contribution is 2.25. The highest BCUT2D eigenvalue weighted by molar-refractivity contribution is 9.10. The molecule has 1 heterocycles. The van der Waals surface area contributed by atoms with Gasteiger partial charge < -0.3 is 4.90 Å². The van der Waals surface area contributed by atoms with Gasteiger partial charge >= 0.3 is 0 Å². The quantitative estimate of drug-likeness (QED) is 0.808. The number of halogens is 2. The monoisotopic (exact) mass is 345 g/mol. The lowest BCUT2D eigenvalue weighted by atomic mass is 10.2. The Bertz CT molecular complexity index is 469. The van der Waals surface area contributed by atoms with Crippen LogP contribution < -0.4 is 0 Å². The lowest BCUT2D eigenvalue weighted by Crippen LogP contribution is -2.32. The summed E-state index contributed by atoms with van der Waals surface area (Å²) in [4.78, 5) is 14.3. The highest BCUT2D eigenvalue weighted by Gasteiger charge is 2.23. The topological polar surface area (TPSA) is 20.3 Å². The fourth-order valence-electron chi connectivity index (χ4n) is 2.34. The minimum Gasteiger partial charge on any atom is -0.339 e. The Kier molecular flexibility index (Phi) is 5.28. The van der Waals surface area contributed by atoms with Crippen molar-refractivity contribution in [2.75, 3.05) is 19.3 Å². The molecule has 0 bridgehead atoms. The summed E-state index contributed by atoms with van der Waals surface area (Å²) in [6.45, 7) is 1.52. The summed E-state index contributed by atoms with van der Waals surface area (Å²) in [5.41, 5.74) is 0.419. The van der Waals surface area contributed by atoms with Gasteiger partial charge in [0.15, 0.2) is 0 Å². The maximum atomic E-state index is 13.5. The van der Waals surface area contributed by atoms with Gasteiger partial charge in [0, 0.05) is 18.3 Å². The van der Waals surface area contributed by atoms with E-state index in [1.807, 2.05) is 16.7 Å². The van der Waals surface area contributed by atoms with Crippen molar-refractivity contribution in [3.8, 4) is 0 Å². The summed E-state index contributed by atoms with van der Waals surface area (Å²) in [5, 5.41) is 0.633. The predicted octanol–water partition coefficient (Wildman–Crippen LogP) is 3.95. The molecule has 2 nitrogen and oxygen atoms in total. The zero-order valence-corrected chi connectivity index (χ0v) is 13.3. The smallest absolute Gasteiger partial charge is 0.255 e. The summed E-state index contributed by atoms with van der Waals surface area (Å²) in [6, 6.07) is 4.61. The van der Waals surface area contributed by atoms with Crippen LogP contribution in [0.5, 0.6) is 0 Å².